The number of aromatic nitrogens is 2. The van der Waals surface area contributed by atoms with Crippen LogP contribution in [0.5, 0.6) is 0 Å². The van der Waals surface area contributed by atoms with Gasteiger partial charge in [0.05, 0.1) is 6.10 Å². The zero-order valence-electron chi connectivity index (χ0n) is 11.1. The summed E-state index contributed by atoms with van der Waals surface area (Å²) in [5, 5.41) is 3.99. The third-order valence-electron chi connectivity index (χ3n) is 4.05. The molecule has 2 unspecified atom stereocenters. The lowest BCUT2D eigenvalue weighted by atomic mass is 9.86. The summed E-state index contributed by atoms with van der Waals surface area (Å²) in [7, 11) is 0. The van der Waals surface area contributed by atoms with E-state index in [1.165, 1.54) is 0 Å². The second-order valence-electron chi connectivity index (χ2n) is 5.56. The van der Waals surface area contributed by atoms with Gasteiger partial charge in [0, 0.05) is 31.8 Å². The standard InChI is InChI=1S/C14H20N2O3/c17-12-6-2-1-4-10(12)8-14-15-13(16-19-14)9-11-5-3-7-18-11/h10-11H,1-9H2. The SMILES string of the molecule is O=C1CCCCC1Cc1nc(CC2CCCO2)no1. The Bertz CT molecular complexity index is 438. The Hall–Kier alpha value is -1.23. The second kappa shape index (κ2) is 5.82. The Labute approximate surface area is 112 Å². The van der Waals surface area contributed by atoms with Crippen molar-refractivity contribution in [3.63, 3.8) is 0 Å². The maximum Gasteiger partial charge on any atom is 0.227 e. The van der Waals surface area contributed by atoms with Crippen LogP contribution in [0.4, 0.5) is 0 Å². The van der Waals surface area contributed by atoms with Gasteiger partial charge in [0.25, 0.3) is 0 Å². The number of rotatable bonds is 4. The van der Waals surface area contributed by atoms with E-state index in [0.717, 1.165) is 45.1 Å². The highest BCUT2D eigenvalue weighted by molar-refractivity contribution is 5.81. The first-order valence-corrected chi connectivity index (χ1v) is 7.27. The molecule has 0 aromatic carbocycles. The molecule has 1 aromatic heterocycles. The summed E-state index contributed by atoms with van der Waals surface area (Å²) in [6, 6.07) is 0. The zero-order chi connectivity index (χ0) is 13.1. The van der Waals surface area contributed by atoms with Gasteiger partial charge < -0.3 is 9.26 Å². The van der Waals surface area contributed by atoms with Gasteiger partial charge in [-0.2, -0.15) is 4.98 Å². The maximum absolute atomic E-state index is 11.8. The number of ether oxygens (including phenoxy) is 1. The molecule has 2 heterocycles. The molecule has 0 spiro atoms. The van der Waals surface area contributed by atoms with Crippen LogP contribution < -0.4 is 0 Å². The van der Waals surface area contributed by atoms with Crippen LogP contribution in [0.2, 0.25) is 0 Å². The fourth-order valence-electron chi connectivity index (χ4n) is 2.95. The molecule has 0 radical (unpaired) electrons. The lowest BCUT2D eigenvalue weighted by Gasteiger charge is -2.18. The maximum atomic E-state index is 11.8. The average molecular weight is 264 g/mol. The van der Waals surface area contributed by atoms with E-state index in [1.54, 1.807) is 0 Å². The van der Waals surface area contributed by atoms with E-state index in [0.29, 0.717) is 30.3 Å². The molecule has 5 nitrogen and oxygen atoms in total. The van der Waals surface area contributed by atoms with Crippen LogP contribution in [0, 0.1) is 5.92 Å². The number of ketones is 1. The Kier molecular flexibility index (Phi) is 3.92. The van der Waals surface area contributed by atoms with Gasteiger partial charge in [0.15, 0.2) is 5.82 Å². The van der Waals surface area contributed by atoms with E-state index in [2.05, 4.69) is 10.1 Å². The van der Waals surface area contributed by atoms with E-state index in [9.17, 15) is 4.79 Å². The summed E-state index contributed by atoms with van der Waals surface area (Å²) in [6.07, 6.45) is 7.60. The molecule has 2 atom stereocenters. The first-order valence-electron chi connectivity index (χ1n) is 7.27. The summed E-state index contributed by atoms with van der Waals surface area (Å²) in [5.74, 6) is 1.76. The molecule has 2 aliphatic rings. The first-order chi connectivity index (χ1) is 9.31. The first kappa shape index (κ1) is 12.8. The lowest BCUT2D eigenvalue weighted by molar-refractivity contribution is -0.124. The minimum Gasteiger partial charge on any atom is -0.378 e. The summed E-state index contributed by atoms with van der Waals surface area (Å²) in [5.41, 5.74) is 0. The molecule has 5 heteroatoms. The van der Waals surface area contributed by atoms with Crippen LogP contribution in [0.25, 0.3) is 0 Å². The van der Waals surface area contributed by atoms with Crippen molar-refractivity contribution >= 4 is 5.78 Å². The Morgan fingerprint density at radius 1 is 1.16 bits per heavy atom. The molecule has 1 saturated carbocycles. The molecule has 0 bridgehead atoms. The summed E-state index contributed by atoms with van der Waals surface area (Å²) in [4.78, 5) is 16.2. The Morgan fingerprint density at radius 2 is 2.11 bits per heavy atom. The summed E-state index contributed by atoms with van der Waals surface area (Å²) >= 11 is 0. The third-order valence-corrected chi connectivity index (χ3v) is 4.05. The zero-order valence-corrected chi connectivity index (χ0v) is 11.1. The van der Waals surface area contributed by atoms with Gasteiger partial charge >= 0.3 is 0 Å². The van der Waals surface area contributed by atoms with Crippen LogP contribution in [0.1, 0.15) is 50.2 Å². The van der Waals surface area contributed by atoms with Gasteiger partial charge in [0.1, 0.15) is 5.78 Å². The Morgan fingerprint density at radius 3 is 2.89 bits per heavy atom. The third kappa shape index (κ3) is 3.21. The van der Waals surface area contributed by atoms with Crippen LogP contribution in [0.3, 0.4) is 0 Å². The number of carbonyl (C=O) groups excluding carboxylic acids is 1. The van der Waals surface area contributed by atoms with Crippen molar-refractivity contribution in [2.45, 2.75) is 57.5 Å². The number of hydrogen-bond donors (Lipinski definition) is 0. The lowest BCUT2D eigenvalue weighted by Crippen LogP contribution is -2.21. The highest BCUT2D eigenvalue weighted by Gasteiger charge is 2.25. The number of nitrogens with zero attached hydrogens (tertiary/aromatic N) is 2. The highest BCUT2D eigenvalue weighted by atomic mass is 16.5. The van der Waals surface area contributed by atoms with Crippen LogP contribution >= 0.6 is 0 Å². The highest BCUT2D eigenvalue weighted by Crippen LogP contribution is 2.24. The van der Waals surface area contributed by atoms with Gasteiger partial charge in [-0.15, -0.1) is 0 Å². The van der Waals surface area contributed by atoms with Crippen molar-refractivity contribution in [2.75, 3.05) is 6.61 Å². The molecule has 2 fully saturated rings. The van der Waals surface area contributed by atoms with Gasteiger partial charge in [0.2, 0.25) is 5.89 Å². The minimum absolute atomic E-state index is 0.0878. The van der Waals surface area contributed by atoms with E-state index in [-0.39, 0.29) is 12.0 Å². The van der Waals surface area contributed by atoms with Crippen LogP contribution in [-0.4, -0.2) is 28.6 Å². The van der Waals surface area contributed by atoms with Crippen molar-refractivity contribution in [2.24, 2.45) is 5.92 Å². The second-order valence-corrected chi connectivity index (χ2v) is 5.56. The molecule has 1 aliphatic carbocycles. The Balaban J connectivity index is 1.56. The number of Topliss-reactive ketones (excluding diaryl/α,β-unsaturated/α-hetero) is 1. The topological polar surface area (TPSA) is 65.2 Å². The van der Waals surface area contributed by atoms with Crippen molar-refractivity contribution < 1.29 is 14.1 Å². The van der Waals surface area contributed by atoms with E-state index in [4.69, 9.17) is 9.26 Å². The number of hydrogen-bond acceptors (Lipinski definition) is 5. The predicted molar refractivity (Wildman–Crippen MR) is 67.6 cm³/mol. The number of carbonyl (C=O) groups is 1. The van der Waals surface area contributed by atoms with Crippen LogP contribution in [0.15, 0.2) is 4.52 Å². The molecule has 0 N–H and O–H groups in total. The smallest absolute Gasteiger partial charge is 0.227 e. The predicted octanol–water partition coefficient (Wildman–Crippen LogP) is 2.09. The summed E-state index contributed by atoms with van der Waals surface area (Å²) in [6.45, 7) is 0.839. The van der Waals surface area contributed by atoms with E-state index in [1.807, 2.05) is 0 Å². The molecular formula is C14H20N2O3. The van der Waals surface area contributed by atoms with Crippen molar-refractivity contribution in [1.29, 1.82) is 0 Å². The largest absolute Gasteiger partial charge is 0.378 e. The molecule has 3 rings (SSSR count). The van der Waals surface area contributed by atoms with Crippen molar-refractivity contribution in [1.82, 2.24) is 10.1 Å². The van der Waals surface area contributed by atoms with Crippen molar-refractivity contribution in [3.05, 3.63) is 11.7 Å². The molecule has 1 aromatic rings. The fraction of sp³-hybridized carbons (Fsp3) is 0.786. The fourth-order valence-corrected chi connectivity index (χ4v) is 2.95. The molecule has 1 aliphatic heterocycles. The molecular weight excluding hydrogens is 244 g/mol. The summed E-state index contributed by atoms with van der Waals surface area (Å²) < 4.78 is 10.8. The molecule has 0 amide bonds. The van der Waals surface area contributed by atoms with Gasteiger partial charge in [-0.3, -0.25) is 4.79 Å². The molecule has 1 saturated heterocycles. The van der Waals surface area contributed by atoms with E-state index < -0.39 is 0 Å². The monoisotopic (exact) mass is 264 g/mol. The van der Waals surface area contributed by atoms with Gasteiger partial charge in [-0.1, -0.05) is 11.6 Å². The molecule has 19 heavy (non-hydrogen) atoms. The van der Waals surface area contributed by atoms with Gasteiger partial charge in [-0.05, 0) is 25.7 Å². The van der Waals surface area contributed by atoms with Crippen LogP contribution in [-0.2, 0) is 22.4 Å². The van der Waals surface area contributed by atoms with E-state index >= 15 is 0 Å². The normalized spacial score (nSPS) is 27.9. The quantitative estimate of drug-likeness (QED) is 0.833. The minimum atomic E-state index is 0.0878. The van der Waals surface area contributed by atoms with Gasteiger partial charge in [-0.25, -0.2) is 0 Å². The average Bonchev–Trinajstić information content (AvgIpc) is 3.05. The van der Waals surface area contributed by atoms with Crippen molar-refractivity contribution in [3.8, 4) is 0 Å². The molecule has 104 valence electrons.